The summed E-state index contributed by atoms with van der Waals surface area (Å²) in [6.45, 7) is 7.29. The quantitative estimate of drug-likeness (QED) is 0.862. The van der Waals surface area contributed by atoms with Gasteiger partial charge in [0.15, 0.2) is 11.5 Å². The van der Waals surface area contributed by atoms with E-state index < -0.39 is 0 Å². The lowest BCUT2D eigenvalue weighted by atomic mass is 9.95. The van der Waals surface area contributed by atoms with E-state index in [2.05, 4.69) is 37.1 Å². The van der Waals surface area contributed by atoms with E-state index in [9.17, 15) is 0 Å². The number of hydrogen-bond donors (Lipinski definition) is 1. The van der Waals surface area contributed by atoms with Crippen LogP contribution in [0.15, 0.2) is 18.2 Å². The Balaban J connectivity index is 0.00000180. The van der Waals surface area contributed by atoms with E-state index in [1.807, 2.05) is 6.07 Å². The number of aromatic nitrogens is 3. The summed E-state index contributed by atoms with van der Waals surface area (Å²) in [5.74, 6) is 4.56. The fourth-order valence-corrected chi connectivity index (χ4v) is 4.21. The van der Waals surface area contributed by atoms with Crippen LogP contribution in [0.5, 0.6) is 11.5 Å². The lowest BCUT2D eigenvalue weighted by Crippen LogP contribution is -2.34. The van der Waals surface area contributed by atoms with E-state index in [1.54, 1.807) is 0 Å². The molecule has 4 heterocycles. The standard InChI is InChI=1S/C19H25N5O2.ClH/c1-2-16-17(26-10-9-25-16)11-14(1)13-23-6-3-15(4-7-23)19-22-21-18-12-20-5-8-24(18)19;/h1-2,11,15,20H,3-10,12-13H2;1H. The fourth-order valence-electron chi connectivity index (χ4n) is 4.21. The zero-order chi connectivity index (χ0) is 17.3. The van der Waals surface area contributed by atoms with Crippen LogP contribution in [0.1, 0.15) is 36.0 Å². The molecule has 7 nitrogen and oxygen atoms in total. The predicted octanol–water partition coefficient (Wildman–Crippen LogP) is 1.95. The van der Waals surface area contributed by atoms with Crippen molar-refractivity contribution in [2.24, 2.45) is 0 Å². The van der Waals surface area contributed by atoms with Crippen LogP contribution in [0.25, 0.3) is 0 Å². The molecule has 0 bridgehead atoms. The normalized spacial score (nSPS) is 20.0. The Morgan fingerprint density at radius 2 is 1.85 bits per heavy atom. The third kappa shape index (κ3) is 3.77. The van der Waals surface area contributed by atoms with Gasteiger partial charge in [-0.05, 0) is 43.6 Å². The van der Waals surface area contributed by atoms with E-state index in [4.69, 9.17) is 9.47 Å². The average Bonchev–Trinajstić information content (AvgIpc) is 3.13. The molecule has 1 fully saturated rings. The number of piperidine rings is 1. The van der Waals surface area contributed by atoms with Crippen molar-refractivity contribution in [3.8, 4) is 11.5 Å². The number of fused-ring (bicyclic) bond motifs is 2. The molecule has 0 spiro atoms. The van der Waals surface area contributed by atoms with Gasteiger partial charge in [0.2, 0.25) is 0 Å². The molecular weight excluding hydrogens is 366 g/mol. The first-order valence-corrected chi connectivity index (χ1v) is 9.60. The predicted molar refractivity (Wildman–Crippen MR) is 104 cm³/mol. The maximum absolute atomic E-state index is 5.71. The summed E-state index contributed by atoms with van der Waals surface area (Å²) in [4.78, 5) is 2.52. The van der Waals surface area contributed by atoms with Gasteiger partial charge in [-0.2, -0.15) is 0 Å². The van der Waals surface area contributed by atoms with Gasteiger partial charge in [0, 0.05) is 25.6 Å². The zero-order valence-electron chi connectivity index (χ0n) is 15.4. The third-order valence-electron chi connectivity index (χ3n) is 5.62. The van der Waals surface area contributed by atoms with E-state index in [-0.39, 0.29) is 12.4 Å². The van der Waals surface area contributed by atoms with E-state index >= 15 is 0 Å². The molecule has 3 aliphatic heterocycles. The molecule has 0 atom stereocenters. The summed E-state index contributed by atoms with van der Waals surface area (Å²) in [6.07, 6.45) is 2.30. The SMILES string of the molecule is Cl.c1cc2c(cc1CN1CCC(c3nnc4n3CCNC4)CC1)OCCO2. The van der Waals surface area contributed by atoms with Crippen LogP contribution in [-0.4, -0.2) is 52.5 Å². The van der Waals surface area contributed by atoms with Gasteiger partial charge in [0.25, 0.3) is 0 Å². The second kappa shape index (κ2) is 8.04. The van der Waals surface area contributed by atoms with Gasteiger partial charge in [-0.1, -0.05) is 6.07 Å². The second-order valence-electron chi connectivity index (χ2n) is 7.33. The second-order valence-corrected chi connectivity index (χ2v) is 7.33. The molecule has 0 saturated carbocycles. The van der Waals surface area contributed by atoms with Crippen LogP contribution in [0.4, 0.5) is 0 Å². The Hall–Kier alpha value is -1.83. The number of nitrogens with one attached hydrogen (secondary N) is 1. The number of likely N-dealkylation sites (tertiary alicyclic amines) is 1. The Kier molecular flexibility index (Phi) is 5.52. The Bertz CT molecular complexity index is 788. The minimum atomic E-state index is 0. The highest BCUT2D eigenvalue weighted by atomic mass is 35.5. The largest absolute Gasteiger partial charge is 0.486 e. The molecule has 0 aliphatic carbocycles. The van der Waals surface area contributed by atoms with Crippen molar-refractivity contribution in [1.29, 1.82) is 0 Å². The molecule has 1 N–H and O–H groups in total. The first-order chi connectivity index (χ1) is 12.9. The molecule has 0 unspecified atom stereocenters. The smallest absolute Gasteiger partial charge is 0.161 e. The minimum Gasteiger partial charge on any atom is -0.486 e. The Morgan fingerprint density at radius 1 is 1.04 bits per heavy atom. The topological polar surface area (TPSA) is 64.4 Å². The van der Waals surface area contributed by atoms with Crippen molar-refractivity contribution in [2.75, 3.05) is 32.8 Å². The summed E-state index contributed by atoms with van der Waals surface area (Å²) in [5.41, 5.74) is 1.29. The Labute approximate surface area is 165 Å². The van der Waals surface area contributed by atoms with Crippen LogP contribution in [0.2, 0.25) is 0 Å². The fraction of sp³-hybridized carbons (Fsp3) is 0.579. The molecule has 146 valence electrons. The maximum Gasteiger partial charge on any atom is 0.161 e. The molecule has 0 radical (unpaired) electrons. The first-order valence-electron chi connectivity index (χ1n) is 9.60. The number of benzene rings is 1. The van der Waals surface area contributed by atoms with Gasteiger partial charge in [0.1, 0.15) is 24.9 Å². The van der Waals surface area contributed by atoms with E-state index in [0.29, 0.717) is 19.1 Å². The average molecular weight is 392 g/mol. The maximum atomic E-state index is 5.71. The van der Waals surface area contributed by atoms with Crippen LogP contribution >= 0.6 is 12.4 Å². The molecule has 1 saturated heterocycles. The van der Waals surface area contributed by atoms with Gasteiger partial charge in [-0.25, -0.2) is 0 Å². The van der Waals surface area contributed by atoms with Crippen molar-refractivity contribution in [3.05, 3.63) is 35.4 Å². The van der Waals surface area contributed by atoms with E-state index in [0.717, 1.165) is 69.4 Å². The zero-order valence-corrected chi connectivity index (χ0v) is 16.2. The summed E-state index contributed by atoms with van der Waals surface area (Å²) in [5, 5.41) is 12.2. The van der Waals surface area contributed by atoms with Crippen molar-refractivity contribution in [3.63, 3.8) is 0 Å². The van der Waals surface area contributed by atoms with Crippen LogP contribution in [-0.2, 0) is 19.6 Å². The highest BCUT2D eigenvalue weighted by molar-refractivity contribution is 5.85. The Morgan fingerprint density at radius 3 is 2.70 bits per heavy atom. The van der Waals surface area contributed by atoms with Crippen LogP contribution in [0.3, 0.4) is 0 Å². The molecular formula is C19H26ClN5O2. The monoisotopic (exact) mass is 391 g/mol. The molecule has 1 aromatic carbocycles. The third-order valence-corrected chi connectivity index (χ3v) is 5.62. The van der Waals surface area contributed by atoms with Gasteiger partial charge >= 0.3 is 0 Å². The highest BCUT2D eigenvalue weighted by Crippen LogP contribution is 2.32. The van der Waals surface area contributed by atoms with Crippen LogP contribution in [0, 0.1) is 0 Å². The lowest BCUT2D eigenvalue weighted by molar-refractivity contribution is 0.170. The summed E-state index contributed by atoms with van der Waals surface area (Å²) in [6, 6.07) is 6.32. The minimum absolute atomic E-state index is 0. The molecule has 3 aliphatic rings. The number of nitrogens with zero attached hydrogens (tertiary/aromatic N) is 4. The molecule has 5 rings (SSSR count). The van der Waals surface area contributed by atoms with Crippen LogP contribution < -0.4 is 14.8 Å². The van der Waals surface area contributed by atoms with Crippen molar-refractivity contribution < 1.29 is 9.47 Å². The number of ether oxygens (including phenoxy) is 2. The van der Waals surface area contributed by atoms with Gasteiger partial charge in [0.05, 0.1) is 6.54 Å². The molecule has 0 amide bonds. The van der Waals surface area contributed by atoms with Crippen molar-refractivity contribution >= 4 is 12.4 Å². The lowest BCUT2D eigenvalue weighted by Gasteiger charge is -2.32. The molecule has 1 aromatic heterocycles. The molecule has 27 heavy (non-hydrogen) atoms. The van der Waals surface area contributed by atoms with Gasteiger partial charge in [-0.15, -0.1) is 22.6 Å². The summed E-state index contributed by atoms with van der Waals surface area (Å²) >= 11 is 0. The number of hydrogen-bond acceptors (Lipinski definition) is 6. The van der Waals surface area contributed by atoms with Gasteiger partial charge in [-0.3, -0.25) is 4.90 Å². The van der Waals surface area contributed by atoms with E-state index in [1.165, 1.54) is 11.4 Å². The van der Waals surface area contributed by atoms with Crippen molar-refractivity contribution in [1.82, 2.24) is 25.0 Å². The molecule has 8 heteroatoms. The number of halogens is 1. The molecule has 2 aromatic rings. The van der Waals surface area contributed by atoms with Crippen molar-refractivity contribution in [2.45, 2.75) is 38.4 Å². The van der Waals surface area contributed by atoms with Gasteiger partial charge < -0.3 is 19.4 Å². The number of rotatable bonds is 3. The highest BCUT2D eigenvalue weighted by Gasteiger charge is 2.27. The summed E-state index contributed by atoms with van der Waals surface area (Å²) in [7, 11) is 0. The summed E-state index contributed by atoms with van der Waals surface area (Å²) < 4.78 is 13.6. The first kappa shape index (κ1) is 18.5.